The molecule has 0 saturated carbocycles. The van der Waals surface area contributed by atoms with Gasteiger partial charge in [0.1, 0.15) is 5.52 Å². The van der Waals surface area contributed by atoms with Crippen molar-refractivity contribution in [3.63, 3.8) is 0 Å². The van der Waals surface area contributed by atoms with E-state index < -0.39 is 5.97 Å². The normalized spacial score (nSPS) is 11.9. The fourth-order valence-corrected chi connectivity index (χ4v) is 2.77. The van der Waals surface area contributed by atoms with Crippen molar-refractivity contribution in [3.05, 3.63) is 18.5 Å². The van der Waals surface area contributed by atoms with E-state index in [-0.39, 0.29) is 11.3 Å². The van der Waals surface area contributed by atoms with Crippen molar-refractivity contribution in [2.75, 3.05) is 5.75 Å². The van der Waals surface area contributed by atoms with Crippen LogP contribution in [0.2, 0.25) is 0 Å². The second-order valence-electron chi connectivity index (χ2n) is 4.94. The molecule has 0 bridgehead atoms. The first kappa shape index (κ1) is 13.9. The van der Waals surface area contributed by atoms with Crippen LogP contribution in [-0.4, -0.2) is 31.4 Å². The van der Waals surface area contributed by atoms with Crippen LogP contribution >= 0.6 is 11.8 Å². The Morgan fingerprint density at radius 2 is 2.26 bits per heavy atom. The van der Waals surface area contributed by atoms with Crippen LogP contribution in [0, 0.1) is 0 Å². The lowest BCUT2D eigenvalue weighted by molar-refractivity contribution is -0.133. The number of aromatic nitrogens is 3. The Balaban J connectivity index is 2.55. The van der Waals surface area contributed by atoms with Crippen molar-refractivity contribution >= 4 is 28.8 Å². The molecule has 0 fully saturated rings. The number of thioether (sulfide) groups is 1. The molecule has 0 atom stereocenters. The number of rotatable bonds is 5. The zero-order valence-corrected chi connectivity index (χ0v) is 12.1. The maximum atomic E-state index is 10.7. The van der Waals surface area contributed by atoms with Crippen LogP contribution in [0.25, 0.3) is 11.0 Å². The molecule has 102 valence electrons. The van der Waals surface area contributed by atoms with Crippen LogP contribution in [0.5, 0.6) is 0 Å². The van der Waals surface area contributed by atoms with E-state index in [9.17, 15) is 4.79 Å². The molecule has 0 radical (unpaired) electrons. The van der Waals surface area contributed by atoms with Gasteiger partial charge in [-0.25, -0.2) is 4.98 Å². The molecule has 2 heterocycles. The van der Waals surface area contributed by atoms with E-state index in [0.29, 0.717) is 0 Å². The molecule has 5 nitrogen and oxygen atoms in total. The van der Waals surface area contributed by atoms with Gasteiger partial charge in [-0.1, -0.05) is 18.7 Å². The molecular weight excluding hydrogens is 262 g/mol. The smallest absolute Gasteiger partial charge is 0.313 e. The number of hydrogen-bond donors (Lipinski definition) is 1. The Bertz CT molecular complexity index is 607. The lowest BCUT2D eigenvalue weighted by Gasteiger charge is -2.27. The van der Waals surface area contributed by atoms with E-state index in [1.165, 1.54) is 11.8 Å². The number of pyridine rings is 1. The zero-order valence-electron chi connectivity index (χ0n) is 11.3. The number of carboxylic acids is 1. The highest BCUT2D eigenvalue weighted by Gasteiger charge is 2.24. The average Bonchev–Trinajstić information content (AvgIpc) is 2.75. The summed E-state index contributed by atoms with van der Waals surface area (Å²) in [6, 6.07) is 1.92. The third kappa shape index (κ3) is 2.73. The summed E-state index contributed by atoms with van der Waals surface area (Å²) in [5.74, 6) is -0.827. The molecule has 0 spiro atoms. The summed E-state index contributed by atoms with van der Waals surface area (Å²) in [6.45, 7) is 6.36. The van der Waals surface area contributed by atoms with E-state index in [1.54, 1.807) is 12.4 Å². The van der Waals surface area contributed by atoms with Crippen molar-refractivity contribution in [2.45, 2.75) is 37.9 Å². The molecule has 19 heavy (non-hydrogen) atoms. The molecule has 0 saturated heterocycles. The van der Waals surface area contributed by atoms with Gasteiger partial charge in [0.05, 0.1) is 17.5 Å². The van der Waals surface area contributed by atoms with Crippen LogP contribution < -0.4 is 0 Å². The minimum absolute atomic E-state index is 0.0105. The third-order valence-corrected chi connectivity index (χ3v) is 4.14. The molecular formula is C13H17N3O2S. The summed E-state index contributed by atoms with van der Waals surface area (Å²) in [7, 11) is 0. The highest BCUT2D eigenvalue weighted by atomic mass is 32.2. The Morgan fingerprint density at radius 1 is 1.53 bits per heavy atom. The van der Waals surface area contributed by atoms with Gasteiger partial charge in [-0.2, -0.15) is 0 Å². The van der Waals surface area contributed by atoms with Gasteiger partial charge < -0.3 is 9.67 Å². The van der Waals surface area contributed by atoms with Crippen LogP contribution in [0.1, 0.15) is 27.2 Å². The van der Waals surface area contributed by atoms with Crippen molar-refractivity contribution < 1.29 is 9.90 Å². The quantitative estimate of drug-likeness (QED) is 0.852. The van der Waals surface area contributed by atoms with Crippen LogP contribution in [0.15, 0.2) is 23.6 Å². The maximum Gasteiger partial charge on any atom is 0.313 e. The van der Waals surface area contributed by atoms with Gasteiger partial charge in [-0.3, -0.25) is 9.78 Å². The fraction of sp³-hybridized carbons (Fsp3) is 0.462. The molecule has 0 unspecified atom stereocenters. The molecule has 6 heteroatoms. The number of hydrogen-bond acceptors (Lipinski definition) is 4. The molecule has 0 amide bonds. The number of aliphatic carboxylic acids is 1. The molecule has 0 aliphatic carbocycles. The Hall–Kier alpha value is -1.56. The van der Waals surface area contributed by atoms with E-state index in [1.807, 2.05) is 6.07 Å². The van der Waals surface area contributed by atoms with Crippen LogP contribution in [0.4, 0.5) is 0 Å². The second kappa shape index (κ2) is 5.21. The minimum Gasteiger partial charge on any atom is -0.481 e. The predicted octanol–water partition coefficient (Wildman–Crippen LogP) is 2.75. The molecule has 2 aromatic rings. The van der Waals surface area contributed by atoms with E-state index >= 15 is 0 Å². The summed E-state index contributed by atoms with van der Waals surface area (Å²) in [6.07, 6.45) is 4.38. The Kier molecular flexibility index (Phi) is 3.80. The summed E-state index contributed by atoms with van der Waals surface area (Å²) in [5.41, 5.74) is 1.68. The fourth-order valence-electron chi connectivity index (χ4n) is 1.88. The van der Waals surface area contributed by atoms with Crippen molar-refractivity contribution in [2.24, 2.45) is 0 Å². The topological polar surface area (TPSA) is 68.0 Å². The summed E-state index contributed by atoms with van der Waals surface area (Å²) in [4.78, 5) is 19.3. The van der Waals surface area contributed by atoms with Gasteiger partial charge in [0.2, 0.25) is 0 Å². The third-order valence-electron chi connectivity index (χ3n) is 3.22. The second-order valence-corrected chi connectivity index (χ2v) is 5.89. The van der Waals surface area contributed by atoms with Crippen LogP contribution in [0.3, 0.4) is 0 Å². The molecule has 2 rings (SSSR count). The molecule has 0 aliphatic heterocycles. The summed E-state index contributed by atoms with van der Waals surface area (Å²) >= 11 is 1.25. The van der Waals surface area contributed by atoms with Gasteiger partial charge >= 0.3 is 5.97 Å². The average molecular weight is 279 g/mol. The first-order chi connectivity index (χ1) is 8.95. The lowest BCUT2D eigenvalue weighted by Crippen LogP contribution is -2.26. The van der Waals surface area contributed by atoms with E-state index in [4.69, 9.17) is 5.11 Å². The van der Waals surface area contributed by atoms with Crippen molar-refractivity contribution in [1.82, 2.24) is 14.5 Å². The number of imidazole rings is 1. The monoisotopic (exact) mass is 279 g/mol. The number of fused-ring (bicyclic) bond motifs is 1. The predicted molar refractivity (Wildman–Crippen MR) is 75.5 cm³/mol. The lowest BCUT2D eigenvalue weighted by atomic mass is 10.0. The first-order valence-electron chi connectivity index (χ1n) is 6.13. The largest absolute Gasteiger partial charge is 0.481 e. The minimum atomic E-state index is -0.837. The van der Waals surface area contributed by atoms with Gasteiger partial charge in [-0.15, -0.1) is 0 Å². The molecule has 2 aromatic heterocycles. The van der Waals surface area contributed by atoms with Gasteiger partial charge in [0.15, 0.2) is 5.16 Å². The standard InChI is InChI=1S/C13H17N3O2S/c1-4-13(2,3)16-10-5-6-14-7-9(10)15-12(16)19-8-11(17)18/h5-7H,4,8H2,1-3H3,(H,17,18). The van der Waals surface area contributed by atoms with Crippen molar-refractivity contribution in [3.8, 4) is 0 Å². The van der Waals surface area contributed by atoms with Gasteiger partial charge in [0, 0.05) is 11.7 Å². The Morgan fingerprint density at radius 3 is 2.89 bits per heavy atom. The highest BCUT2D eigenvalue weighted by molar-refractivity contribution is 7.99. The molecule has 0 aliphatic rings. The van der Waals surface area contributed by atoms with E-state index in [2.05, 4.69) is 35.3 Å². The SMILES string of the molecule is CCC(C)(C)n1c(SCC(=O)O)nc2cnccc21. The Labute approximate surface area is 116 Å². The highest BCUT2D eigenvalue weighted by Crippen LogP contribution is 2.32. The maximum absolute atomic E-state index is 10.7. The van der Waals surface area contributed by atoms with E-state index in [0.717, 1.165) is 22.6 Å². The first-order valence-corrected chi connectivity index (χ1v) is 7.12. The number of carboxylic acid groups (broad SMARTS) is 1. The number of carbonyl (C=O) groups is 1. The van der Waals surface area contributed by atoms with Crippen molar-refractivity contribution in [1.29, 1.82) is 0 Å². The van der Waals surface area contributed by atoms with Gasteiger partial charge in [-0.05, 0) is 26.3 Å². The molecule has 1 N–H and O–H groups in total. The summed E-state index contributed by atoms with van der Waals surface area (Å²) < 4.78 is 2.11. The summed E-state index contributed by atoms with van der Waals surface area (Å²) in [5, 5.41) is 9.56. The zero-order chi connectivity index (χ0) is 14.0. The van der Waals surface area contributed by atoms with Gasteiger partial charge in [0.25, 0.3) is 0 Å². The van der Waals surface area contributed by atoms with Crippen LogP contribution in [-0.2, 0) is 10.3 Å². The molecule has 0 aromatic carbocycles. The number of nitrogens with zero attached hydrogens (tertiary/aromatic N) is 3.